The number of rotatable bonds is 2. The first-order valence-electron chi connectivity index (χ1n) is 9.31. The predicted molar refractivity (Wildman–Crippen MR) is 105 cm³/mol. The highest BCUT2D eigenvalue weighted by atomic mass is 16.6. The minimum atomic E-state index is -1.87. The number of nitrogens with zero attached hydrogens (tertiary/aromatic N) is 2. The largest absolute Gasteiger partial charge is 0.458 e. The molecule has 0 amide bonds. The van der Waals surface area contributed by atoms with Crippen LogP contribution in [0.4, 0.5) is 5.69 Å². The molecule has 8 heteroatoms. The first kappa shape index (κ1) is 17.8. The highest BCUT2D eigenvalue weighted by molar-refractivity contribution is 5.93. The van der Waals surface area contributed by atoms with Crippen LogP contribution in [0.2, 0.25) is 0 Å². The van der Waals surface area contributed by atoms with Gasteiger partial charge in [-0.1, -0.05) is 13.0 Å². The molecule has 0 bridgehead atoms. The summed E-state index contributed by atoms with van der Waals surface area (Å²) in [6.45, 7) is 1.48. The van der Waals surface area contributed by atoms with E-state index < -0.39 is 17.8 Å². The van der Waals surface area contributed by atoms with Gasteiger partial charge in [-0.3, -0.25) is 9.36 Å². The third-order valence-corrected chi connectivity index (χ3v) is 5.87. The monoisotopic (exact) mass is 393 g/mol. The molecule has 1 aromatic carbocycles. The van der Waals surface area contributed by atoms with E-state index in [1.165, 1.54) is 11.7 Å². The van der Waals surface area contributed by atoms with Gasteiger partial charge in [-0.05, 0) is 30.7 Å². The lowest BCUT2D eigenvalue weighted by Crippen LogP contribution is -2.44. The maximum absolute atomic E-state index is 13.3. The van der Waals surface area contributed by atoms with Crippen molar-refractivity contribution in [3.05, 3.63) is 57.4 Å². The van der Waals surface area contributed by atoms with Gasteiger partial charge in [-0.2, -0.15) is 0 Å². The molecule has 2 atom stereocenters. The Morgan fingerprint density at radius 3 is 2.90 bits per heavy atom. The number of anilines is 1. The third kappa shape index (κ3) is 2.18. The van der Waals surface area contributed by atoms with Gasteiger partial charge < -0.3 is 20.3 Å². The van der Waals surface area contributed by atoms with E-state index in [1.54, 1.807) is 19.1 Å². The Morgan fingerprint density at radius 1 is 1.38 bits per heavy atom. The molecule has 4 heterocycles. The molecule has 0 aliphatic carbocycles. The van der Waals surface area contributed by atoms with E-state index >= 15 is 0 Å². The lowest BCUT2D eigenvalue weighted by atomic mass is 9.86. The van der Waals surface area contributed by atoms with Crippen LogP contribution in [0.3, 0.4) is 0 Å². The molecule has 2 aromatic heterocycles. The molecule has 2 unspecified atom stereocenters. The number of hydrogen-bond acceptors (Lipinski definition) is 7. The molecular formula is C21H19N3O5. The van der Waals surface area contributed by atoms with Crippen molar-refractivity contribution in [2.75, 3.05) is 12.8 Å². The number of benzene rings is 1. The van der Waals surface area contributed by atoms with Gasteiger partial charge >= 0.3 is 5.97 Å². The lowest BCUT2D eigenvalue weighted by molar-refractivity contribution is -0.172. The lowest BCUT2D eigenvalue weighted by Gasteiger charge is -2.32. The van der Waals surface area contributed by atoms with E-state index in [-0.39, 0.29) is 29.7 Å². The third-order valence-electron chi connectivity index (χ3n) is 5.87. The van der Waals surface area contributed by atoms with Gasteiger partial charge in [0, 0.05) is 29.3 Å². The normalized spacial score (nSPS) is 22.2. The van der Waals surface area contributed by atoms with Crippen molar-refractivity contribution in [2.24, 2.45) is 0 Å². The van der Waals surface area contributed by atoms with Gasteiger partial charge in [0.25, 0.3) is 5.56 Å². The van der Waals surface area contributed by atoms with E-state index in [0.717, 1.165) is 5.39 Å². The Bertz CT molecular complexity index is 1270. The average Bonchev–Trinajstić information content (AvgIpc) is 3.03. The van der Waals surface area contributed by atoms with Gasteiger partial charge in [0.2, 0.25) is 0 Å². The number of fused-ring (bicyclic) bond motifs is 5. The second kappa shape index (κ2) is 5.88. The van der Waals surface area contributed by atoms with Gasteiger partial charge in [0.15, 0.2) is 11.8 Å². The second-order valence-electron chi connectivity index (χ2n) is 7.32. The van der Waals surface area contributed by atoms with Crippen molar-refractivity contribution in [2.45, 2.75) is 31.8 Å². The smallest absolute Gasteiger partial charge is 0.343 e. The van der Waals surface area contributed by atoms with E-state index in [0.29, 0.717) is 28.2 Å². The summed E-state index contributed by atoms with van der Waals surface area (Å²) in [4.78, 5) is 30.3. The van der Waals surface area contributed by atoms with Crippen molar-refractivity contribution >= 4 is 22.6 Å². The molecule has 148 valence electrons. The molecule has 2 aliphatic rings. The molecule has 3 aromatic rings. The average molecular weight is 393 g/mol. The van der Waals surface area contributed by atoms with Crippen LogP contribution >= 0.6 is 0 Å². The van der Waals surface area contributed by atoms with Gasteiger partial charge in [-0.15, -0.1) is 0 Å². The molecule has 0 spiro atoms. The van der Waals surface area contributed by atoms with Crippen LogP contribution in [0.15, 0.2) is 35.1 Å². The van der Waals surface area contributed by atoms with E-state index in [4.69, 9.17) is 20.2 Å². The predicted octanol–water partition coefficient (Wildman–Crippen LogP) is 1.81. The van der Waals surface area contributed by atoms with Gasteiger partial charge in [-0.25, -0.2) is 9.78 Å². The zero-order valence-corrected chi connectivity index (χ0v) is 15.9. The molecule has 5 rings (SSSR count). The van der Waals surface area contributed by atoms with E-state index in [1.807, 2.05) is 18.2 Å². The zero-order chi connectivity index (χ0) is 20.5. The molecule has 2 aliphatic heterocycles. The van der Waals surface area contributed by atoms with Crippen LogP contribution < -0.4 is 11.3 Å². The summed E-state index contributed by atoms with van der Waals surface area (Å²) in [7, 11) is 1.51. The van der Waals surface area contributed by atoms with E-state index in [2.05, 4.69) is 0 Å². The molecular weight excluding hydrogens is 374 g/mol. The summed E-state index contributed by atoms with van der Waals surface area (Å²) in [6.07, 6.45) is -0.606. The van der Waals surface area contributed by atoms with Crippen LogP contribution in [0.5, 0.6) is 0 Å². The maximum Gasteiger partial charge on any atom is 0.343 e. The minimum Gasteiger partial charge on any atom is -0.458 e. The summed E-state index contributed by atoms with van der Waals surface area (Å²) in [5.41, 5.74) is 7.39. The number of cyclic esters (lactones) is 1. The number of pyridine rings is 2. The quantitative estimate of drug-likeness (QED) is 0.504. The zero-order valence-electron chi connectivity index (χ0n) is 15.9. The summed E-state index contributed by atoms with van der Waals surface area (Å²) >= 11 is 0. The SMILES string of the molecule is CCC1(O)C(=O)OCc2c1cc1n(c2=O)C(OC)c2cc3c(N)cccc3nc2-1. The molecule has 3 N–H and O–H groups in total. The van der Waals surface area contributed by atoms with Crippen molar-refractivity contribution in [3.63, 3.8) is 0 Å². The van der Waals surface area contributed by atoms with Crippen molar-refractivity contribution < 1.29 is 19.4 Å². The summed E-state index contributed by atoms with van der Waals surface area (Å²) < 4.78 is 12.2. The summed E-state index contributed by atoms with van der Waals surface area (Å²) in [5.74, 6) is -0.752. The maximum atomic E-state index is 13.3. The first-order chi connectivity index (χ1) is 13.9. The van der Waals surface area contributed by atoms with Crippen LogP contribution in [-0.2, 0) is 26.5 Å². The standard InChI is InChI=1S/C21H19N3O5/c1-3-21(27)13-8-16-17-11(7-10-14(22)5-4-6-15(10)23-17)19(28-2)24(16)18(25)12(13)9-29-20(21)26/h4-8,19,27H,3,9,22H2,1-2H3. The second-order valence-corrected chi connectivity index (χ2v) is 7.32. The first-order valence-corrected chi connectivity index (χ1v) is 9.31. The van der Waals surface area contributed by atoms with Gasteiger partial charge in [0.05, 0.1) is 22.5 Å². The number of esters is 1. The topological polar surface area (TPSA) is 117 Å². The Kier molecular flexibility index (Phi) is 3.62. The Hall–Kier alpha value is -3.23. The fourth-order valence-corrected chi connectivity index (χ4v) is 4.29. The molecule has 0 saturated heterocycles. The van der Waals surface area contributed by atoms with Gasteiger partial charge in [0.1, 0.15) is 6.61 Å². The number of methoxy groups -OCH3 is 1. The fraction of sp³-hybridized carbons (Fsp3) is 0.286. The molecule has 8 nitrogen and oxygen atoms in total. The number of nitrogens with two attached hydrogens (primary N) is 1. The number of carbonyl (C=O) groups is 1. The highest BCUT2D eigenvalue weighted by Gasteiger charge is 2.46. The summed E-state index contributed by atoms with van der Waals surface area (Å²) in [6, 6.07) is 8.97. The number of nitrogen functional groups attached to an aromatic ring is 1. The van der Waals surface area contributed by atoms with Crippen molar-refractivity contribution in [1.29, 1.82) is 0 Å². The van der Waals surface area contributed by atoms with Crippen molar-refractivity contribution in [3.8, 4) is 11.4 Å². The van der Waals surface area contributed by atoms with Crippen molar-refractivity contribution in [1.82, 2.24) is 9.55 Å². The Balaban J connectivity index is 1.87. The molecule has 0 fully saturated rings. The van der Waals surface area contributed by atoms with Crippen LogP contribution in [-0.4, -0.2) is 27.7 Å². The Morgan fingerprint density at radius 2 is 2.17 bits per heavy atom. The number of aromatic nitrogens is 2. The molecule has 29 heavy (non-hydrogen) atoms. The van der Waals surface area contributed by atoms with Crippen LogP contribution in [0.25, 0.3) is 22.3 Å². The number of carbonyl (C=O) groups excluding carboxylic acids is 1. The number of hydrogen-bond donors (Lipinski definition) is 2. The fourth-order valence-electron chi connectivity index (χ4n) is 4.29. The number of aliphatic hydroxyl groups is 1. The van der Waals surface area contributed by atoms with Crippen LogP contribution in [0, 0.1) is 0 Å². The Labute approximate surface area is 165 Å². The minimum absolute atomic E-state index is 0.0873. The molecule has 0 radical (unpaired) electrons. The molecule has 0 saturated carbocycles. The highest BCUT2D eigenvalue weighted by Crippen LogP contribution is 2.43. The van der Waals surface area contributed by atoms with Crippen LogP contribution in [0.1, 0.15) is 36.3 Å². The number of ether oxygens (including phenoxy) is 2. The summed E-state index contributed by atoms with van der Waals surface area (Å²) in [5, 5.41) is 11.7. The van der Waals surface area contributed by atoms with E-state index in [9.17, 15) is 14.7 Å².